The number of ether oxygens (including phenoxy) is 1. The van der Waals surface area contributed by atoms with Gasteiger partial charge in [0.2, 0.25) is 0 Å². The minimum Gasteiger partial charge on any atom is -0.492 e. The van der Waals surface area contributed by atoms with Crippen LogP contribution in [0.25, 0.3) is 0 Å². The molecule has 0 aromatic heterocycles. The SMILES string of the molecule is Cl.Cl.O=C(CCC1CCN(Cc2cccc(F)c2)CC1)c1ccc2c(c1)CN(Cc1ccccc1)CCO2. The van der Waals surface area contributed by atoms with Crippen molar-refractivity contribution >= 4 is 30.6 Å². The zero-order valence-electron chi connectivity index (χ0n) is 21.7. The molecule has 4 nitrogen and oxygen atoms in total. The van der Waals surface area contributed by atoms with Crippen molar-refractivity contribution in [2.75, 3.05) is 26.2 Å². The summed E-state index contributed by atoms with van der Waals surface area (Å²) in [6, 6.07) is 23.3. The van der Waals surface area contributed by atoms with Gasteiger partial charge in [-0.2, -0.15) is 0 Å². The number of ketones is 1. The van der Waals surface area contributed by atoms with Crippen molar-refractivity contribution in [2.24, 2.45) is 5.92 Å². The Morgan fingerprint density at radius 3 is 2.34 bits per heavy atom. The molecular formula is C31H37Cl2FN2O2. The summed E-state index contributed by atoms with van der Waals surface area (Å²) in [5.74, 6) is 1.52. The van der Waals surface area contributed by atoms with Crippen LogP contribution in [0, 0.1) is 11.7 Å². The van der Waals surface area contributed by atoms with Crippen molar-refractivity contribution in [1.29, 1.82) is 0 Å². The van der Waals surface area contributed by atoms with Crippen LogP contribution in [-0.2, 0) is 19.6 Å². The Hall–Kier alpha value is -2.44. The Morgan fingerprint density at radius 2 is 1.58 bits per heavy atom. The molecule has 0 saturated carbocycles. The third-order valence-electron chi connectivity index (χ3n) is 7.47. The van der Waals surface area contributed by atoms with Crippen LogP contribution in [-0.4, -0.2) is 41.8 Å². The van der Waals surface area contributed by atoms with E-state index in [0.717, 1.165) is 81.0 Å². The van der Waals surface area contributed by atoms with Gasteiger partial charge in [0.15, 0.2) is 5.78 Å². The quantitative estimate of drug-likeness (QED) is 0.280. The molecule has 0 amide bonds. The highest BCUT2D eigenvalue weighted by molar-refractivity contribution is 5.96. The molecule has 0 N–H and O–H groups in total. The van der Waals surface area contributed by atoms with Gasteiger partial charge in [-0.05, 0) is 79.7 Å². The molecule has 204 valence electrons. The topological polar surface area (TPSA) is 32.8 Å². The zero-order valence-corrected chi connectivity index (χ0v) is 23.3. The maximum Gasteiger partial charge on any atom is 0.162 e. The van der Waals surface area contributed by atoms with Gasteiger partial charge < -0.3 is 4.74 Å². The van der Waals surface area contributed by atoms with Gasteiger partial charge >= 0.3 is 0 Å². The summed E-state index contributed by atoms with van der Waals surface area (Å²) in [6.07, 6.45) is 3.70. The number of fused-ring (bicyclic) bond motifs is 1. The zero-order chi connectivity index (χ0) is 24.7. The van der Waals surface area contributed by atoms with E-state index in [4.69, 9.17) is 4.74 Å². The molecule has 1 saturated heterocycles. The maximum atomic E-state index is 13.5. The second-order valence-corrected chi connectivity index (χ2v) is 10.2. The lowest BCUT2D eigenvalue weighted by Crippen LogP contribution is -2.33. The summed E-state index contributed by atoms with van der Waals surface area (Å²) in [4.78, 5) is 17.8. The molecule has 2 aliphatic heterocycles. The van der Waals surface area contributed by atoms with Crippen LogP contribution in [0.4, 0.5) is 4.39 Å². The largest absolute Gasteiger partial charge is 0.492 e. The van der Waals surface area contributed by atoms with Crippen molar-refractivity contribution in [3.05, 3.63) is 101 Å². The molecule has 0 radical (unpaired) electrons. The highest BCUT2D eigenvalue weighted by Crippen LogP contribution is 2.28. The monoisotopic (exact) mass is 558 g/mol. The lowest BCUT2D eigenvalue weighted by Gasteiger charge is -2.32. The molecule has 0 unspecified atom stereocenters. The molecule has 0 aliphatic carbocycles. The fourth-order valence-electron chi connectivity index (χ4n) is 5.40. The Morgan fingerprint density at radius 1 is 0.842 bits per heavy atom. The minimum atomic E-state index is -0.172. The molecule has 38 heavy (non-hydrogen) atoms. The average Bonchev–Trinajstić information content (AvgIpc) is 3.10. The number of carbonyl (C=O) groups is 1. The molecule has 5 rings (SSSR count). The number of Topliss-reactive ketones (excluding diaryl/α,β-unsaturated/α-hetero) is 1. The van der Waals surface area contributed by atoms with Gasteiger partial charge in [0.1, 0.15) is 18.2 Å². The smallest absolute Gasteiger partial charge is 0.162 e. The van der Waals surface area contributed by atoms with Gasteiger partial charge in [-0.15, -0.1) is 24.8 Å². The molecule has 1 fully saturated rings. The van der Waals surface area contributed by atoms with Gasteiger partial charge in [-0.3, -0.25) is 14.6 Å². The molecule has 0 spiro atoms. The first-order chi connectivity index (χ1) is 17.6. The molecular weight excluding hydrogens is 522 g/mol. The van der Waals surface area contributed by atoms with E-state index >= 15 is 0 Å². The summed E-state index contributed by atoms with van der Waals surface area (Å²) in [5, 5.41) is 0. The van der Waals surface area contributed by atoms with Crippen molar-refractivity contribution in [3.8, 4) is 5.75 Å². The second kappa shape index (κ2) is 14.6. The molecule has 2 heterocycles. The number of benzene rings is 3. The van der Waals surface area contributed by atoms with E-state index in [2.05, 4.69) is 34.1 Å². The Bertz CT molecular complexity index is 1170. The maximum absolute atomic E-state index is 13.5. The van der Waals surface area contributed by atoms with E-state index in [1.54, 1.807) is 12.1 Å². The van der Waals surface area contributed by atoms with Crippen LogP contribution in [0.1, 0.15) is 52.7 Å². The van der Waals surface area contributed by atoms with Crippen LogP contribution in [0.3, 0.4) is 0 Å². The van der Waals surface area contributed by atoms with Crippen molar-refractivity contribution in [3.63, 3.8) is 0 Å². The number of carbonyl (C=O) groups excluding carboxylic acids is 1. The predicted octanol–water partition coefficient (Wildman–Crippen LogP) is 6.94. The van der Waals surface area contributed by atoms with Gasteiger partial charge in [-0.25, -0.2) is 4.39 Å². The predicted molar refractivity (Wildman–Crippen MR) is 155 cm³/mol. The van der Waals surface area contributed by atoms with Crippen molar-refractivity contribution in [1.82, 2.24) is 9.80 Å². The summed E-state index contributed by atoms with van der Waals surface area (Å²) < 4.78 is 19.4. The first kappa shape index (κ1) is 30.1. The Labute approximate surface area is 238 Å². The summed E-state index contributed by atoms with van der Waals surface area (Å²) >= 11 is 0. The first-order valence-corrected chi connectivity index (χ1v) is 13.1. The third-order valence-corrected chi connectivity index (χ3v) is 7.47. The lowest BCUT2D eigenvalue weighted by molar-refractivity contribution is 0.0961. The first-order valence-electron chi connectivity index (χ1n) is 13.1. The van der Waals surface area contributed by atoms with Gasteiger partial charge in [0.25, 0.3) is 0 Å². The molecule has 7 heteroatoms. The van der Waals surface area contributed by atoms with Gasteiger partial charge in [0, 0.05) is 43.7 Å². The van der Waals surface area contributed by atoms with Crippen LogP contribution in [0.2, 0.25) is 0 Å². The number of likely N-dealkylation sites (tertiary alicyclic amines) is 1. The summed E-state index contributed by atoms with van der Waals surface area (Å²) in [5.41, 5.74) is 4.20. The van der Waals surface area contributed by atoms with Crippen LogP contribution in [0.5, 0.6) is 5.75 Å². The number of hydrogen-bond acceptors (Lipinski definition) is 4. The van der Waals surface area contributed by atoms with Gasteiger partial charge in [0.05, 0.1) is 0 Å². The van der Waals surface area contributed by atoms with Crippen LogP contribution < -0.4 is 4.74 Å². The fraction of sp³-hybridized carbons (Fsp3) is 0.387. The third kappa shape index (κ3) is 8.28. The number of rotatable bonds is 8. The summed E-state index contributed by atoms with van der Waals surface area (Å²) in [7, 11) is 0. The van der Waals surface area contributed by atoms with Crippen molar-refractivity contribution in [2.45, 2.75) is 45.3 Å². The highest BCUT2D eigenvalue weighted by Gasteiger charge is 2.22. The second-order valence-electron chi connectivity index (χ2n) is 10.2. The standard InChI is InChI=1S/C31H35FN2O2.2ClH/c32-29-8-4-7-26(19-29)22-33-15-13-24(14-16-33)9-11-30(35)27-10-12-31-28(20-27)23-34(17-18-36-31)21-25-5-2-1-3-6-25;;/h1-8,10,12,19-20,24H,9,11,13-18,21-23H2;2*1H. The number of hydrogen-bond donors (Lipinski definition) is 0. The molecule has 3 aromatic carbocycles. The fourth-order valence-corrected chi connectivity index (χ4v) is 5.40. The number of nitrogens with zero attached hydrogens (tertiary/aromatic N) is 2. The molecule has 0 atom stereocenters. The number of piperidine rings is 1. The molecule has 0 bridgehead atoms. The van der Waals surface area contributed by atoms with E-state index in [9.17, 15) is 9.18 Å². The van der Waals surface area contributed by atoms with Gasteiger partial charge in [-0.1, -0.05) is 42.5 Å². The molecule has 3 aromatic rings. The normalized spacial score (nSPS) is 16.3. The van der Waals surface area contributed by atoms with E-state index in [-0.39, 0.29) is 36.4 Å². The molecule has 2 aliphatic rings. The van der Waals surface area contributed by atoms with E-state index < -0.39 is 0 Å². The Kier molecular flexibility index (Phi) is 11.6. The summed E-state index contributed by atoms with van der Waals surface area (Å²) in [6.45, 7) is 5.98. The van der Waals surface area contributed by atoms with Crippen molar-refractivity contribution < 1.29 is 13.9 Å². The minimum absolute atomic E-state index is 0. The average molecular weight is 560 g/mol. The van der Waals surface area contributed by atoms with Crippen LogP contribution >= 0.6 is 24.8 Å². The lowest BCUT2D eigenvalue weighted by atomic mass is 9.90. The van der Waals surface area contributed by atoms with E-state index in [0.29, 0.717) is 18.9 Å². The Balaban J connectivity index is 0.00000200. The van der Waals surface area contributed by atoms with Crippen LogP contribution in [0.15, 0.2) is 72.8 Å². The van der Waals surface area contributed by atoms with E-state index in [1.807, 2.05) is 30.3 Å². The highest BCUT2D eigenvalue weighted by atomic mass is 35.5. The number of halogens is 3. The van der Waals surface area contributed by atoms with E-state index in [1.165, 1.54) is 11.6 Å².